The van der Waals surface area contributed by atoms with Crippen molar-refractivity contribution in [3.05, 3.63) is 83.9 Å². The van der Waals surface area contributed by atoms with Gasteiger partial charge in [-0.1, -0.05) is 36.4 Å². The molecule has 0 unspecified atom stereocenters. The van der Waals surface area contributed by atoms with Crippen molar-refractivity contribution in [3.8, 4) is 5.75 Å². The van der Waals surface area contributed by atoms with Gasteiger partial charge >= 0.3 is 0 Å². The van der Waals surface area contributed by atoms with E-state index in [9.17, 15) is 0 Å². The van der Waals surface area contributed by atoms with Crippen LogP contribution in [-0.2, 0) is 0 Å². The summed E-state index contributed by atoms with van der Waals surface area (Å²) >= 11 is 0. The number of aromatic nitrogens is 2. The second kappa shape index (κ2) is 7.85. The van der Waals surface area contributed by atoms with Crippen LogP contribution in [0, 0.1) is 6.92 Å². The molecule has 0 spiro atoms. The zero-order valence-electron chi connectivity index (χ0n) is 14.7. The summed E-state index contributed by atoms with van der Waals surface area (Å²) in [6.45, 7) is 6.35. The van der Waals surface area contributed by atoms with E-state index in [1.165, 1.54) is 0 Å². The number of aryl methyl sites for hydroxylation is 1. The Kier molecular flexibility index (Phi) is 5.35. The molecule has 1 aromatic heterocycles. The maximum Gasteiger partial charge on any atom is 0.229 e. The lowest BCUT2D eigenvalue weighted by Crippen LogP contribution is -2.12. The van der Waals surface area contributed by atoms with Crippen LogP contribution in [0.1, 0.15) is 17.0 Å². The molecule has 0 aliphatic carbocycles. The highest BCUT2D eigenvalue weighted by molar-refractivity contribution is 6.49. The van der Waals surface area contributed by atoms with Gasteiger partial charge in [0.15, 0.2) is 5.82 Å². The molecule has 3 rings (SSSR count). The van der Waals surface area contributed by atoms with Crippen LogP contribution in [-0.4, -0.2) is 24.7 Å². The topological polar surface area (TPSA) is 47.4 Å². The van der Waals surface area contributed by atoms with Gasteiger partial charge in [0.05, 0.1) is 0 Å². The third-order valence-electron chi connectivity index (χ3n) is 3.54. The Hall–Kier alpha value is -2.79. The molecule has 0 aliphatic heterocycles. The Labute approximate surface area is 150 Å². The molecule has 0 atom stereocenters. The minimum atomic E-state index is -1.24. The van der Waals surface area contributed by atoms with E-state index in [2.05, 4.69) is 30.0 Å². The van der Waals surface area contributed by atoms with Crippen molar-refractivity contribution in [1.82, 2.24) is 9.97 Å². The van der Waals surface area contributed by atoms with E-state index in [1.54, 1.807) is 18.5 Å². The fraction of sp³-hybridized carbons (Fsp3) is 0.150. The summed E-state index contributed by atoms with van der Waals surface area (Å²) in [6.07, 6.45) is 3.46. The smallest absolute Gasteiger partial charge is 0.229 e. The van der Waals surface area contributed by atoms with Crippen molar-refractivity contribution >= 4 is 20.4 Å². The average Bonchev–Trinajstić information content (AvgIpc) is 2.62. The highest BCUT2D eigenvalue weighted by Gasteiger charge is 2.12. The number of hydrogen-bond acceptors (Lipinski definition) is 4. The molecule has 0 saturated heterocycles. The van der Waals surface area contributed by atoms with Crippen molar-refractivity contribution in [2.75, 3.05) is 0 Å². The molecule has 2 aromatic carbocycles. The zero-order chi connectivity index (χ0) is 17.6. The normalized spacial score (nSPS) is 11.6. The maximum atomic E-state index is 6.09. The van der Waals surface area contributed by atoms with Crippen LogP contribution in [0.25, 0.3) is 0 Å². The summed E-state index contributed by atoms with van der Waals surface area (Å²) in [5, 5.41) is 0. The second-order valence-corrected chi connectivity index (χ2v) is 8.37. The number of aliphatic imine (C=N–C) groups is 1. The van der Waals surface area contributed by atoms with Crippen LogP contribution in [0.3, 0.4) is 0 Å². The summed E-state index contributed by atoms with van der Waals surface area (Å²) in [6, 6.07) is 17.9. The first-order valence-electron chi connectivity index (χ1n) is 8.32. The first-order valence-corrected chi connectivity index (χ1v) is 11.1. The first-order chi connectivity index (χ1) is 12.1. The Morgan fingerprint density at radius 1 is 0.960 bits per heavy atom. The molecule has 0 N–H and O–H groups in total. The first kappa shape index (κ1) is 17.0. The Morgan fingerprint density at radius 2 is 1.68 bits per heavy atom. The number of hydrogen-bond donors (Lipinski definition) is 0. The minimum Gasteiger partial charge on any atom is -0.546 e. The monoisotopic (exact) mass is 347 g/mol. The number of rotatable bonds is 5. The zero-order valence-corrected chi connectivity index (χ0v) is 15.8. The van der Waals surface area contributed by atoms with E-state index in [1.807, 2.05) is 48.5 Å². The van der Waals surface area contributed by atoms with Crippen LogP contribution in [0.2, 0.25) is 13.1 Å². The summed E-state index contributed by atoms with van der Waals surface area (Å²) in [4.78, 5) is 13.7. The van der Waals surface area contributed by atoms with E-state index >= 15 is 0 Å². The molecule has 3 aromatic rings. The SMILES string of the molecule is Cc1ccc(N=C(c2ccccc2)c2ncccn2)c(O[SiH](C)C)c1. The van der Waals surface area contributed by atoms with Gasteiger partial charge in [-0.25, -0.2) is 15.0 Å². The summed E-state index contributed by atoms with van der Waals surface area (Å²) in [7, 11) is -1.24. The molecule has 25 heavy (non-hydrogen) atoms. The van der Waals surface area contributed by atoms with Gasteiger partial charge in [-0.15, -0.1) is 0 Å². The Balaban J connectivity index is 2.14. The lowest BCUT2D eigenvalue weighted by molar-refractivity contribution is 0.581. The average molecular weight is 347 g/mol. The molecule has 5 heteroatoms. The lowest BCUT2D eigenvalue weighted by Gasteiger charge is -2.14. The predicted molar refractivity (Wildman–Crippen MR) is 104 cm³/mol. The number of nitrogens with zero attached hydrogens (tertiary/aromatic N) is 3. The van der Waals surface area contributed by atoms with Crippen LogP contribution in [0.5, 0.6) is 5.75 Å². The molecule has 0 radical (unpaired) electrons. The molecule has 126 valence electrons. The summed E-state index contributed by atoms with van der Waals surface area (Å²) in [5.74, 6) is 1.42. The Morgan fingerprint density at radius 3 is 2.36 bits per heavy atom. The second-order valence-electron chi connectivity index (χ2n) is 6.04. The van der Waals surface area contributed by atoms with E-state index in [0.29, 0.717) is 5.82 Å². The lowest BCUT2D eigenvalue weighted by atomic mass is 10.1. The van der Waals surface area contributed by atoms with Gasteiger partial charge in [0, 0.05) is 18.0 Å². The largest absolute Gasteiger partial charge is 0.546 e. The summed E-state index contributed by atoms with van der Waals surface area (Å²) < 4.78 is 6.09. The van der Waals surface area contributed by atoms with Crippen LogP contribution >= 0.6 is 0 Å². The quantitative estimate of drug-likeness (QED) is 0.510. The predicted octanol–water partition coefficient (Wildman–Crippen LogP) is 4.32. The molecule has 0 saturated carbocycles. The van der Waals surface area contributed by atoms with Crippen molar-refractivity contribution in [1.29, 1.82) is 0 Å². The van der Waals surface area contributed by atoms with E-state index in [-0.39, 0.29) is 0 Å². The number of benzene rings is 2. The van der Waals surface area contributed by atoms with Gasteiger partial charge in [0.25, 0.3) is 0 Å². The highest BCUT2D eigenvalue weighted by atomic mass is 28.3. The third-order valence-corrected chi connectivity index (χ3v) is 4.26. The molecule has 1 heterocycles. The fourth-order valence-electron chi connectivity index (χ4n) is 2.44. The molecule has 0 aliphatic rings. The van der Waals surface area contributed by atoms with E-state index in [4.69, 9.17) is 9.42 Å². The van der Waals surface area contributed by atoms with E-state index < -0.39 is 9.04 Å². The van der Waals surface area contributed by atoms with Gasteiger partial charge < -0.3 is 4.43 Å². The molecule has 0 bridgehead atoms. The van der Waals surface area contributed by atoms with Crippen molar-refractivity contribution < 1.29 is 4.43 Å². The Bertz CT molecular complexity index is 823. The van der Waals surface area contributed by atoms with Crippen LogP contribution < -0.4 is 4.43 Å². The molecule has 0 fully saturated rings. The van der Waals surface area contributed by atoms with Crippen LogP contribution in [0.4, 0.5) is 5.69 Å². The van der Waals surface area contributed by atoms with Gasteiger partial charge in [-0.3, -0.25) is 0 Å². The van der Waals surface area contributed by atoms with Gasteiger partial charge in [0.2, 0.25) is 9.04 Å². The summed E-state index contributed by atoms with van der Waals surface area (Å²) in [5.41, 5.74) is 3.67. The van der Waals surface area contributed by atoms with Crippen molar-refractivity contribution in [2.45, 2.75) is 20.0 Å². The third kappa shape index (κ3) is 4.39. The molecular formula is C20H21N3OSi. The fourth-order valence-corrected chi connectivity index (χ4v) is 3.14. The van der Waals surface area contributed by atoms with Crippen LogP contribution in [0.15, 0.2) is 72.0 Å². The van der Waals surface area contributed by atoms with E-state index in [0.717, 1.165) is 28.3 Å². The minimum absolute atomic E-state index is 0.599. The van der Waals surface area contributed by atoms with Gasteiger partial charge in [0.1, 0.15) is 17.1 Å². The van der Waals surface area contributed by atoms with Crippen molar-refractivity contribution in [3.63, 3.8) is 0 Å². The standard InChI is InChI=1S/C20H21N3OSi/c1-15-10-11-17(18(14-15)24-25(2)3)23-19(16-8-5-4-6-9-16)20-21-12-7-13-22-20/h4-14,25H,1-3H3. The van der Waals surface area contributed by atoms with Gasteiger partial charge in [-0.05, 0) is 43.8 Å². The molecule has 4 nitrogen and oxygen atoms in total. The molecular weight excluding hydrogens is 326 g/mol. The maximum absolute atomic E-state index is 6.09. The molecule has 0 amide bonds. The van der Waals surface area contributed by atoms with Crippen molar-refractivity contribution in [2.24, 2.45) is 4.99 Å². The van der Waals surface area contributed by atoms with Gasteiger partial charge in [-0.2, -0.15) is 0 Å². The highest BCUT2D eigenvalue weighted by Crippen LogP contribution is 2.30.